The van der Waals surface area contributed by atoms with Gasteiger partial charge in [0, 0.05) is 17.8 Å². The molecule has 0 radical (unpaired) electrons. The Bertz CT molecular complexity index is 333. The van der Waals surface area contributed by atoms with E-state index in [-0.39, 0.29) is 5.54 Å². The Kier molecular flexibility index (Phi) is 3.33. The van der Waals surface area contributed by atoms with Crippen LogP contribution in [0.1, 0.15) is 58.2 Å². The molecule has 0 saturated carbocycles. The molecule has 1 aromatic heterocycles. The summed E-state index contributed by atoms with van der Waals surface area (Å²) < 4.78 is 2.38. The molecule has 90 valence electrons. The van der Waals surface area contributed by atoms with E-state index in [2.05, 4.69) is 35.6 Å². The highest BCUT2D eigenvalue weighted by atomic mass is 15.1. The third-order valence-corrected chi connectivity index (χ3v) is 4.19. The van der Waals surface area contributed by atoms with E-state index in [1.165, 1.54) is 18.5 Å². The molecule has 1 fully saturated rings. The van der Waals surface area contributed by atoms with Gasteiger partial charge in [-0.05, 0) is 39.2 Å². The van der Waals surface area contributed by atoms with Crippen molar-refractivity contribution in [3.8, 4) is 0 Å². The molecule has 0 unspecified atom stereocenters. The van der Waals surface area contributed by atoms with Gasteiger partial charge in [-0.2, -0.15) is 0 Å². The first-order valence-corrected chi connectivity index (χ1v) is 6.47. The fraction of sp³-hybridized carbons (Fsp3) is 0.769. The van der Waals surface area contributed by atoms with Gasteiger partial charge in [0.05, 0.1) is 12.0 Å². The average Bonchev–Trinajstić information content (AvgIpc) is 2.97. The molecule has 1 atom stereocenters. The van der Waals surface area contributed by atoms with Crippen LogP contribution in [0.2, 0.25) is 0 Å². The SMILES string of the molecule is CCC(C)(CC)n1cncc1[C@@H]1CCCN1. The Morgan fingerprint density at radius 3 is 2.81 bits per heavy atom. The highest BCUT2D eigenvalue weighted by Crippen LogP contribution is 2.31. The van der Waals surface area contributed by atoms with E-state index in [1.807, 2.05) is 12.5 Å². The molecule has 0 bridgehead atoms. The van der Waals surface area contributed by atoms with Gasteiger partial charge < -0.3 is 9.88 Å². The minimum absolute atomic E-state index is 0.218. The van der Waals surface area contributed by atoms with Crippen LogP contribution in [0.5, 0.6) is 0 Å². The molecule has 1 aromatic rings. The minimum atomic E-state index is 0.218. The molecule has 0 amide bonds. The van der Waals surface area contributed by atoms with Gasteiger partial charge in [0.15, 0.2) is 0 Å². The maximum absolute atomic E-state index is 4.35. The van der Waals surface area contributed by atoms with Gasteiger partial charge in [0.2, 0.25) is 0 Å². The lowest BCUT2D eigenvalue weighted by Gasteiger charge is -2.32. The van der Waals surface area contributed by atoms with E-state index in [4.69, 9.17) is 0 Å². The van der Waals surface area contributed by atoms with Crippen LogP contribution < -0.4 is 5.32 Å². The fourth-order valence-corrected chi connectivity index (χ4v) is 2.54. The van der Waals surface area contributed by atoms with E-state index in [0.29, 0.717) is 6.04 Å². The van der Waals surface area contributed by atoms with E-state index < -0.39 is 0 Å². The first kappa shape index (κ1) is 11.6. The van der Waals surface area contributed by atoms with E-state index in [9.17, 15) is 0 Å². The number of hydrogen-bond acceptors (Lipinski definition) is 2. The van der Waals surface area contributed by atoms with Crippen LogP contribution in [0.4, 0.5) is 0 Å². The van der Waals surface area contributed by atoms with Crippen LogP contribution in [-0.2, 0) is 5.54 Å². The minimum Gasteiger partial charge on any atom is -0.327 e. The molecule has 1 N–H and O–H groups in total. The number of rotatable bonds is 4. The molecule has 3 heteroatoms. The average molecular weight is 221 g/mol. The van der Waals surface area contributed by atoms with Crippen molar-refractivity contribution in [2.75, 3.05) is 6.54 Å². The number of nitrogens with one attached hydrogen (secondary N) is 1. The van der Waals surface area contributed by atoms with Crippen molar-refractivity contribution < 1.29 is 0 Å². The lowest BCUT2D eigenvalue weighted by atomic mass is 9.94. The van der Waals surface area contributed by atoms with Gasteiger partial charge in [-0.25, -0.2) is 4.98 Å². The van der Waals surface area contributed by atoms with Crippen molar-refractivity contribution in [1.82, 2.24) is 14.9 Å². The number of aromatic nitrogens is 2. The zero-order valence-electron chi connectivity index (χ0n) is 10.7. The van der Waals surface area contributed by atoms with Crippen LogP contribution in [0.15, 0.2) is 12.5 Å². The molecule has 2 heterocycles. The Balaban J connectivity index is 2.30. The van der Waals surface area contributed by atoms with Crippen LogP contribution in [-0.4, -0.2) is 16.1 Å². The molecule has 1 aliphatic rings. The topological polar surface area (TPSA) is 29.9 Å². The van der Waals surface area contributed by atoms with Crippen LogP contribution in [0.25, 0.3) is 0 Å². The quantitative estimate of drug-likeness (QED) is 0.847. The first-order chi connectivity index (χ1) is 7.71. The lowest BCUT2D eigenvalue weighted by Crippen LogP contribution is -2.31. The molecule has 2 rings (SSSR count). The zero-order valence-corrected chi connectivity index (χ0v) is 10.7. The second kappa shape index (κ2) is 4.58. The number of nitrogens with zero attached hydrogens (tertiary/aromatic N) is 2. The summed E-state index contributed by atoms with van der Waals surface area (Å²) in [5.74, 6) is 0. The third kappa shape index (κ3) is 1.88. The van der Waals surface area contributed by atoms with Crippen LogP contribution >= 0.6 is 0 Å². The summed E-state index contributed by atoms with van der Waals surface area (Å²) in [6.45, 7) is 7.99. The predicted molar refractivity (Wildman–Crippen MR) is 66.4 cm³/mol. The van der Waals surface area contributed by atoms with E-state index in [0.717, 1.165) is 19.4 Å². The molecular formula is C13H23N3. The van der Waals surface area contributed by atoms with Crippen molar-refractivity contribution in [2.24, 2.45) is 0 Å². The molecule has 0 spiro atoms. The first-order valence-electron chi connectivity index (χ1n) is 6.47. The normalized spacial score (nSPS) is 21.6. The summed E-state index contributed by atoms with van der Waals surface area (Å²) in [5, 5.41) is 3.56. The molecule has 0 aliphatic carbocycles. The molecule has 1 saturated heterocycles. The van der Waals surface area contributed by atoms with Gasteiger partial charge in [-0.1, -0.05) is 13.8 Å². The fourth-order valence-electron chi connectivity index (χ4n) is 2.54. The van der Waals surface area contributed by atoms with Crippen LogP contribution in [0.3, 0.4) is 0 Å². The second-order valence-corrected chi connectivity index (χ2v) is 5.04. The molecule has 0 aromatic carbocycles. The smallest absolute Gasteiger partial charge is 0.0953 e. The van der Waals surface area contributed by atoms with Crippen molar-refractivity contribution in [1.29, 1.82) is 0 Å². The Labute approximate surface area is 98.3 Å². The molecule has 16 heavy (non-hydrogen) atoms. The largest absolute Gasteiger partial charge is 0.327 e. The van der Waals surface area contributed by atoms with Crippen molar-refractivity contribution in [3.05, 3.63) is 18.2 Å². The Morgan fingerprint density at radius 1 is 1.50 bits per heavy atom. The standard InChI is InChI=1S/C13H23N3/c1-4-13(3,5-2)16-10-14-9-12(16)11-7-6-8-15-11/h9-11,15H,4-8H2,1-3H3/t11-/m0/s1. The lowest BCUT2D eigenvalue weighted by molar-refractivity contribution is 0.279. The van der Waals surface area contributed by atoms with E-state index in [1.54, 1.807) is 0 Å². The Morgan fingerprint density at radius 2 is 2.25 bits per heavy atom. The van der Waals surface area contributed by atoms with Gasteiger partial charge in [-0.3, -0.25) is 0 Å². The summed E-state index contributed by atoms with van der Waals surface area (Å²) in [6, 6.07) is 0.514. The summed E-state index contributed by atoms with van der Waals surface area (Å²) in [7, 11) is 0. The molecule has 3 nitrogen and oxygen atoms in total. The maximum Gasteiger partial charge on any atom is 0.0953 e. The maximum atomic E-state index is 4.35. The summed E-state index contributed by atoms with van der Waals surface area (Å²) >= 11 is 0. The summed E-state index contributed by atoms with van der Waals surface area (Å²) in [5.41, 5.74) is 1.58. The van der Waals surface area contributed by atoms with Crippen molar-refractivity contribution in [3.63, 3.8) is 0 Å². The molecule has 1 aliphatic heterocycles. The van der Waals surface area contributed by atoms with Crippen LogP contribution in [0, 0.1) is 0 Å². The summed E-state index contributed by atoms with van der Waals surface area (Å²) in [6.07, 6.45) is 8.87. The van der Waals surface area contributed by atoms with Gasteiger partial charge >= 0.3 is 0 Å². The third-order valence-electron chi connectivity index (χ3n) is 4.19. The highest BCUT2D eigenvalue weighted by molar-refractivity contribution is 5.10. The van der Waals surface area contributed by atoms with Gasteiger partial charge in [-0.15, -0.1) is 0 Å². The van der Waals surface area contributed by atoms with Crippen molar-refractivity contribution in [2.45, 2.75) is 58.0 Å². The monoisotopic (exact) mass is 221 g/mol. The van der Waals surface area contributed by atoms with Gasteiger partial charge in [0.25, 0.3) is 0 Å². The van der Waals surface area contributed by atoms with E-state index >= 15 is 0 Å². The number of imidazole rings is 1. The van der Waals surface area contributed by atoms with Crippen molar-refractivity contribution >= 4 is 0 Å². The Hall–Kier alpha value is -0.830. The highest BCUT2D eigenvalue weighted by Gasteiger charge is 2.28. The van der Waals surface area contributed by atoms with Gasteiger partial charge in [0.1, 0.15) is 0 Å². The zero-order chi connectivity index (χ0) is 11.6. The second-order valence-electron chi connectivity index (χ2n) is 5.04. The predicted octanol–water partition coefficient (Wildman–Crippen LogP) is 2.84. The summed E-state index contributed by atoms with van der Waals surface area (Å²) in [4.78, 5) is 4.35. The number of hydrogen-bond donors (Lipinski definition) is 1. The molecular weight excluding hydrogens is 198 g/mol.